The Balaban J connectivity index is 0.000000118. The minimum atomic E-state index is -0.0882. The summed E-state index contributed by atoms with van der Waals surface area (Å²) >= 11 is 0. The number of rotatable bonds is 15. The summed E-state index contributed by atoms with van der Waals surface area (Å²) < 4.78 is 3.03. The number of piperidine rings is 4. The van der Waals surface area contributed by atoms with Gasteiger partial charge in [0.15, 0.2) is 29.1 Å². The smallest absolute Gasteiger partial charge is 0.250 e. The molecule has 5 aromatic carbocycles. The molecule has 143 heavy (non-hydrogen) atoms. The highest BCUT2D eigenvalue weighted by Gasteiger charge is 2.45. The highest BCUT2D eigenvalue weighted by Crippen LogP contribution is 2.45. The van der Waals surface area contributed by atoms with E-state index in [1.165, 1.54) is 60.6 Å². The summed E-state index contributed by atoms with van der Waals surface area (Å²) in [6, 6.07) is 58.7. The highest BCUT2D eigenvalue weighted by atomic mass is 16.3. The molecule has 0 radical (unpaired) electrons. The second-order valence-electron chi connectivity index (χ2n) is 42.9. The van der Waals surface area contributed by atoms with Crippen LogP contribution in [0.15, 0.2) is 229 Å². The first kappa shape index (κ1) is 99.0. The molecule has 0 aliphatic carbocycles. The van der Waals surface area contributed by atoms with Gasteiger partial charge in [0.25, 0.3) is 11.1 Å². The number of phenols is 5. The van der Waals surface area contributed by atoms with Gasteiger partial charge >= 0.3 is 0 Å². The number of likely N-dealkylation sites (tertiary alicyclic amines) is 1. The van der Waals surface area contributed by atoms with Crippen molar-refractivity contribution in [2.75, 3.05) is 118 Å². The molecule has 8 aliphatic heterocycles. The number of aromatic nitrogens is 15. The number of hydrogen-bond donors (Lipinski definition) is 10. The Hall–Kier alpha value is -14.2. The van der Waals surface area contributed by atoms with Crippen LogP contribution in [0.1, 0.15) is 126 Å². The van der Waals surface area contributed by atoms with Gasteiger partial charge in [-0.25, -0.2) is 0 Å². The van der Waals surface area contributed by atoms with E-state index in [0.29, 0.717) is 91.2 Å². The van der Waals surface area contributed by atoms with E-state index in [-0.39, 0.29) is 62.0 Å². The van der Waals surface area contributed by atoms with E-state index in [2.05, 4.69) is 193 Å². The van der Waals surface area contributed by atoms with Gasteiger partial charge in [-0.3, -0.25) is 19.7 Å². The van der Waals surface area contributed by atoms with Gasteiger partial charge in [0.2, 0.25) is 0 Å². The third-order valence-corrected chi connectivity index (χ3v) is 29.9. The van der Waals surface area contributed by atoms with Gasteiger partial charge in [0.1, 0.15) is 28.7 Å². The molecule has 744 valence electrons. The molecule has 32 nitrogen and oxygen atoms in total. The van der Waals surface area contributed by atoms with E-state index in [1.807, 2.05) is 140 Å². The minimum Gasteiger partial charge on any atom is -0.507 e. The number of aromatic hydroxyl groups is 5. The molecule has 0 saturated carbocycles. The number of aromatic amines is 1. The van der Waals surface area contributed by atoms with Crippen LogP contribution >= 0.6 is 0 Å². The molecule has 32 heteroatoms. The van der Waals surface area contributed by atoms with Crippen LogP contribution in [0.25, 0.3) is 101 Å². The zero-order chi connectivity index (χ0) is 100. The van der Waals surface area contributed by atoms with Crippen LogP contribution in [-0.2, 0) is 14.1 Å². The van der Waals surface area contributed by atoms with Crippen LogP contribution in [0, 0.1) is 16.7 Å². The van der Waals surface area contributed by atoms with Gasteiger partial charge in [0.05, 0.1) is 40.2 Å². The summed E-state index contributed by atoms with van der Waals surface area (Å²) in [5, 5.41) is 118. The molecule has 0 bridgehead atoms. The van der Waals surface area contributed by atoms with Crippen molar-refractivity contribution in [3.63, 3.8) is 0 Å². The number of hydrogen-bond acceptors (Lipinski definition) is 29. The molecule has 2 unspecified atom stereocenters. The Labute approximate surface area is 835 Å². The van der Waals surface area contributed by atoms with Crippen molar-refractivity contribution in [2.24, 2.45) is 30.8 Å². The number of nitrogens with zero attached hydrogens (tertiary/aromatic N) is 20. The fourth-order valence-electron chi connectivity index (χ4n) is 22.7. The van der Waals surface area contributed by atoms with E-state index in [4.69, 9.17) is 0 Å². The first-order valence-corrected chi connectivity index (χ1v) is 49.8. The molecule has 17 heterocycles. The normalized spacial score (nSPS) is 20.5. The lowest BCUT2D eigenvalue weighted by molar-refractivity contribution is 0.160. The summed E-state index contributed by atoms with van der Waals surface area (Å²) in [5.74, 6) is 5.92. The predicted octanol–water partition coefficient (Wildman–Crippen LogP) is 15.7. The van der Waals surface area contributed by atoms with Crippen molar-refractivity contribution in [1.29, 1.82) is 0 Å². The van der Waals surface area contributed by atoms with Gasteiger partial charge in [-0.05, 0) is 320 Å². The van der Waals surface area contributed by atoms with E-state index >= 15 is 0 Å². The lowest BCUT2D eigenvalue weighted by Gasteiger charge is -2.49. The molecule has 10 N–H and O–H groups in total. The number of nitrogens with one attached hydrogen (secondary N) is 5. The Morgan fingerprint density at radius 2 is 0.825 bits per heavy atom. The number of pyridine rings is 3. The number of aryl methyl sites for hydroxylation is 2. The number of H-pyrrole nitrogens is 1. The lowest BCUT2D eigenvalue weighted by atomic mass is 9.79. The predicted molar refractivity (Wildman–Crippen MR) is 565 cm³/mol. The van der Waals surface area contributed by atoms with Crippen LogP contribution in [0.3, 0.4) is 0 Å². The van der Waals surface area contributed by atoms with Crippen LogP contribution in [-0.4, -0.2) is 239 Å². The zero-order valence-electron chi connectivity index (χ0n) is 84.1. The van der Waals surface area contributed by atoms with E-state index in [9.17, 15) is 35.1 Å². The van der Waals surface area contributed by atoms with Crippen molar-refractivity contribution in [3.05, 3.63) is 240 Å². The minimum absolute atomic E-state index is 0.0684. The second kappa shape index (κ2) is 41.4. The topological polar surface area (TPSA) is 383 Å². The number of fused-ring (bicyclic) bond motifs is 2. The summed E-state index contributed by atoms with van der Waals surface area (Å²) in [4.78, 5) is 41.9. The summed E-state index contributed by atoms with van der Waals surface area (Å²) in [6.07, 6.45) is 21.6. The average Bonchev–Trinajstić information content (AvgIpc) is 1.63. The standard InChI is InChI=1S/C24H27N5O2.C23H25N5O2.C23H29N5O.C21H24N6O.C20H28N4O/c1-28-11-7-18(14-23(28)31)17-3-4-19(21(30)13-17)20-5-6-22(27-26-20)29-12-9-24(16-29)8-2-10-25-15-24;1-26-9-8-17-13-28(14-20(17)26)22-6-5-19(24-25-22)18-4-3-15(11-21(18)29)16-7-10-27(2)23(30)12-16;1-22(2)13-16(14-23(3,4)27-22)28(5)21-9-8-18(25-26-21)17-11-15-7-6-10-24-19(15)12-20(17)29;28-19-10-15(16-11-23-24-12-16)2-3-17(19)18-4-5-20(26-25-18)27-9-7-21(14-27)6-1-8-22-13-21;1-19(2)12-14(13-20(3,4)23-19)24(5)18-11-10-16(21-22-18)15-8-6-7-9-17(15)25/h3-7,11,13-14,25,30H,2,8-10,12,15-16H2,1H3;3-7,10-12,17,20,29H,8-9,13-14H2,1-2H3;6-12,16,27,29H,13-14H2,1-5H3;2-5,10-12,22,28H,1,6-9,13-14H2,(H,23,24);6-11,14,23,25H,12-13H2,1-5H3/t;17-,20+;;;/m.1.../s1. The van der Waals surface area contributed by atoms with Crippen molar-refractivity contribution in [3.8, 4) is 118 Å². The maximum Gasteiger partial charge on any atom is 0.250 e. The maximum absolute atomic E-state index is 11.9. The third-order valence-electron chi connectivity index (χ3n) is 29.9. The molecular weight excluding hydrogens is 1800 g/mol. The fourth-order valence-corrected chi connectivity index (χ4v) is 22.7. The van der Waals surface area contributed by atoms with Gasteiger partial charge in [-0.2, -0.15) is 5.10 Å². The van der Waals surface area contributed by atoms with Crippen LogP contribution in [0.4, 0.5) is 29.1 Å². The SMILES string of the molecule is CN(c1ccc(-c2cc3cccnc3cc2O)nn1)C1CC(C)(C)NC(C)(C)C1.CN(c1ccc(-c2ccccc2O)nn1)C1CC(C)(C)NC(C)(C)C1.CN1CC[C@@H]2CN(c3ccc(-c4ccc(-c5ccn(C)c(=O)c5)cc4O)nn3)C[C@@H]21.Cn1ccc(-c2ccc(-c3ccc(N4CCC5(CCCNC5)C4)nn3)c(O)c2)cc1=O.Oc1cc(-c2cn[nH]c2)ccc1-c1ccc(N2CCC3(CCCNC3)C2)nn1. The molecule has 4 atom stereocenters. The molecule has 0 amide bonds. The van der Waals surface area contributed by atoms with Crippen molar-refractivity contribution in [2.45, 2.75) is 166 Å². The summed E-state index contributed by atoms with van der Waals surface area (Å²) in [7, 11) is 9.80. The molecular formula is C111H133N25O7. The van der Waals surface area contributed by atoms with E-state index in [0.717, 1.165) is 165 Å². The van der Waals surface area contributed by atoms with Gasteiger partial charge in [-0.1, -0.05) is 36.4 Å². The quantitative estimate of drug-likeness (QED) is 0.0456. The Bertz CT molecular complexity index is 6880. The van der Waals surface area contributed by atoms with Crippen LogP contribution in [0.5, 0.6) is 28.7 Å². The highest BCUT2D eigenvalue weighted by molar-refractivity contribution is 5.87. The van der Waals surface area contributed by atoms with Crippen molar-refractivity contribution in [1.82, 2.24) is 101 Å². The van der Waals surface area contributed by atoms with Crippen LogP contribution in [0.2, 0.25) is 0 Å². The average molecular weight is 1930 g/mol. The zero-order valence-corrected chi connectivity index (χ0v) is 84.1. The van der Waals surface area contributed by atoms with Gasteiger partial charge < -0.3 is 85.3 Å². The van der Waals surface area contributed by atoms with Crippen molar-refractivity contribution >= 4 is 40.0 Å². The Kier molecular flexibility index (Phi) is 28.7. The number of para-hydroxylation sites is 1. The van der Waals surface area contributed by atoms with E-state index < -0.39 is 0 Å². The number of phenolic OH excluding ortho intramolecular Hbond substituents is 5. The molecule has 8 fully saturated rings. The Morgan fingerprint density at radius 3 is 1.23 bits per heavy atom. The number of likely N-dealkylation sites (N-methyl/N-ethyl adjacent to an activating group) is 1. The van der Waals surface area contributed by atoms with E-state index in [1.54, 1.807) is 93.6 Å². The molecule has 8 aliphatic rings. The second-order valence-corrected chi connectivity index (χ2v) is 42.9. The largest absolute Gasteiger partial charge is 0.507 e. The third kappa shape index (κ3) is 23.0. The maximum atomic E-state index is 11.9. The molecule has 9 aromatic heterocycles. The first-order chi connectivity index (χ1) is 68.5. The monoisotopic (exact) mass is 1930 g/mol. The number of benzene rings is 5. The lowest BCUT2D eigenvalue weighted by Crippen LogP contribution is -2.62. The first-order valence-electron chi connectivity index (χ1n) is 49.8. The number of anilines is 5. The van der Waals surface area contributed by atoms with Crippen molar-refractivity contribution < 1.29 is 25.5 Å². The van der Waals surface area contributed by atoms with Gasteiger partial charge in [0, 0.05) is 213 Å². The summed E-state index contributed by atoms with van der Waals surface area (Å²) in [6.45, 7) is 29.8. The molecule has 22 rings (SSSR count). The fraction of sp³-hybridized carbons (Fsp3) is 0.405. The Morgan fingerprint density at radius 1 is 0.399 bits per heavy atom. The summed E-state index contributed by atoms with van der Waals surface area (Å²) in [5.41, 5.74) is 13.2. The molecule has 2 spiro atoms. The molecule has 8 saturated heterocycles. The van der Waals surface area contributed by atoms with Gasteiger partial charge in [-0.15, -0.1) is 51.0 Å². The molecule has 14 aromatic rings. The van der Waals surface area contributed by atoms with Crippen LogP contribution < -0.4 is 56.9 Å².